The zero-order chi connectivity index (χ0) is 25.9. The van der Waals surface area contributed by atoms with Crippen LogP contribution < -0.4 is 0 Å². The van der Waals surface area contributed by atoms with Crippen LogP contribution in [0.3, 0.4) is 0 Å². The molecule has 1 saturated carbocycles. The summed E-state index contributed by atoms with van der Waals surface area (Å²) in [5.41, 5.74) is -1.80. The van der Waals surface area contributed by atoms with E-state index >= 15 is 0 Å². The Labute approximate surface area is 215 Å². The maximum Gasteiger partial charge on any atom is 0.312 e. The van der Waals surface area contributed by atoms with Crippen molar-refractivity contribution in [2.24, 2.45) is 11.8 Å². The van der Waals surface area contributed by atoms with Crippen LogP contribution in [-0.2, 0) is 23.9 Å². The van der Waals surface area contributed by atoms with Gasteiger partial charge in [-0.05, 0) is 52.4 Å². The molecule has 1 N–H and O–H groups in total. The number of hydrogen-bond donors (Lipinski definition) is 1. The molecule has 36 heavy (non-hydrogen) atoms. The van der Waals surface area contributed by atoms with Crippen LogP contribution in [0.2, 0.25) is 0 Å². The molecular formula is C28H44N2O6. The van der Waals surface area contributed by atoms with Gasteiger partial charge in [-0.3, -0.25) is 14.4 Å². The normalized spacial score (nSPS) is 33.6. The van der Waals surface area contributed by atoms with Gasteiger partial charge in [0, 0.05) is 25.7 Å². The monoisotopic (exact) mass is 504 g/mol. The van der Waals surface area contributed by atoms with Crippen LogP contribution in [0.5, 0.6) is 0 Å². The molecule has 0 aromatic heterocycles. The van der Waals surface area contributed by atoms with E-state index in [9.17, 15) is 14.4 Å². The molecule has 8 heteroatoms. The van der Waals surface area contributed by atoms with Crippen LogP contribution in [-0.4, -0.2) is 82.3 Å². The molecule has 0 aromatic rings. The van der Waals surface area contributed by atoms with Gasteiger partial charge in [0.15, 0.2) is 0 Å². The van der Waals surface area contributed by atoms with E-state index in [0.29, 0.717) is 25.9 Å². The minimum atomic E-state index is -1.00. The SMILES string of the molecule is C=CCN(C(=O)C1N(CCCCCCO)C(=O)[C@@H]2[C@@H](C(=O)OCC)[C@@]3(C)CCC12O3)C1CCCCC1. The van der Waals surface area contributed by atoms with Gasteiger partial charge in [0.05, 0.1) is 18.1 Å². The number of rotatable bonds is 12. The van der Waals surface area contributed by atoms with E-state index in [1.54, 1.807) is 17.9 Å². The van der Waals surface area contributed by atoms with Crippen LogP contribution in [0.1, 0.15) is 84.5 Å². The highest BCUT2D eigenvalue weighted by atomic mass is 16.6. The van der Waals surface area contributed by atoms with Crippen LogP contribution in [0.4, 0.5) is 0 Å². The Balaban J connectivity index is 1.68. The molecule has 8 nitrogen and oxygen atoms in total. The quantitative estimate of drug-likeness (QED) is 0.249. The summed E-state index contributed by atoms with van der Waals surface area (Å²) in [6.07, 6.45) is 11.5. The number of hydrogen-bond acceptors (Lipinski definition) is 6. The number of esters is 1. The highest BCUT2D eigenvalue weighted by Gasteiger charge is 2.78. The van der Waals surface area contributed by atoms with E-state index < -0.39 is 35.0 Å². The summed E-state index contributed by atoms with van der Waals surface area (Å²) in [4.78, 5) is 45.2. The Morgan fingerprint density at radius 2 is 1.92 bits per heavy atom. The Hall–Kier alpha value is -1.93. The number of carbonyl (C=O) groups is 3. The van der Waals surface area contributed by atoms with Gasteiger partial charge in [-0.15, -0.1) is 6.58 Å². The molecule has 1 aliphatic carbocycles. The van der Waals surface area contributed by atoms with Crippen LogP contribution in [0, 0.1) is 11.8 Å². The first-order valence-corrected chi connectivity index (χ1v) is 14.0. The highest BCUT2D eigenvalue weighted by molar-refractivity contribution is 5.98. The maximum absolute atomic E-state index is 14.4. The van der Waals surface area contributed by atoms with Crippen molar-refractivity contribution in [2.75, 3.05) is 26.3 Å². The summed E-state index contributed by atoms with van der Waals surface area (Å²) in [6, 6.07) is -0.604. The molecule has 2 amide bonds. The van der Waals surface area contributed by atoms with Gasteiger partial charge in [0.2, 0.25) is 11.8 Å². The topological polar surface area (TPSA) is 96.4 Å². The average Bonchev–Trinajstić information content (AvgIpc) is 3.43. The molecule has 0 aromatic carbocycles. The number of aliphatic hydroxyl groups excluding tert-OH is 1. The molecule has 2 bridgehead atoms. The van der Waals surface area contributed by atoms with E-state index in [1.165, 1.54) is 6.42 Å². The number of ether oxygens (including phenoxy) is 2. The number of fused-ring (bicyclic) bond motifs is 1. The molecule has 0 radical (unpaired) electrons. The Morgan fingerprint density at radius 1 is 1.19 bits per heavy atom. The molecule has 3 aliphatic heterocycles. The number of carbonyl (C=O) groups excluding carboxylic acids is 3. The van der Waals surface area contributed by atoms with E-state index in [2.05, 4.69) is 6.58 Å². The molecule has 5 atom stereocenters. The zero-order valence-electron chi connectivity index (χ0n) is 22.1. The molecular weight excluding hydrogens is 460 g/mol. The first-order valence-electron chi connectivity index (χ1n) is 14.0. The summed E-state index contributed by atoms with van der Waals surface area (Å²) >= 11 is 0. The fraction of sp³-hybridized carbons (Fsp3) is 0.821. The van der Waals surface area contributed by atoms with Gasteiger partial charge in [0.25, 0.3) is 0 Å². The molecule has 4 aliphatic rings. The first kappa shape index (κ1) is 27.1. The lowest BCUT2D eigenvalue weighted by Crippen LogP contribution is -2.58. The minimum Gasteiger partial charge on any atom is -0.466 e. The van der Waals surface area contributed by atoms with E-state index in [-0.39, 0.29) is 31.1 Å². The van der Waals surface area contributed by atoms with Crippen molar-refractivity contribution < 1.29 is 29.0 Å². The first-order chi connectivity index (χ1) is 17.3. The van der Waals surface area contributed by atoms with Crippen molar-refractivity contribution in [3.63, 3.8) is 0 Å². The third kappa shape index (κ3) is 4.60. The third-order valence-corrected chi connectivity index (χ3v) is 8.98. The average molecular weight is 505 g/mol. The lowest BCUT2D eigenvalue weighted by molar-refractivity contribution is -0.160. The van der Waals surface area contributed by atoms with Gasteiger partial charge in [-0.2, -0.15) is 0 Å². The Kier molecular flexibility index (Phi) is 8.45. The van der Waals surface area contributed by atoms with Crippen molar-refractivity contribution in [1.29, 1.82) is 0 Å². The van der Waals surface area contributed by atoms with Gasteiger partial charge in [-0.1, -0.05) is 38.2 Å². The largest absolute Gasteiger partial charge is 0.466 e. The lowest BCUT2D eigenvalue weighted by atomic mass is 9.66. The van der Waals surface area contributed by atoms with Crippen molar-refractivity contribution in [3.8, 4) is 0 Å². The maximum atomic E-state index is 14.4. The van der Waals surface area contributed by atoms with Gasteiger partial charge >= 0.3 is 5.97 Å². The molecule has 4 fully saturated rings. The highest BCUT2D eigenvalue weighted by Crippen LogP contribution is 2.63. The molecule has 1 spiro atoms. The van der Waals surface area contributed by atoms with Crippen molar-refractivity contribution in [1.82, 2.24) is 9.80 Å². The molecule has 2 unspecified atom stereocenters. The number of aliphatic hydroxyl groups is 1. The Morgan fingerprint density at radius 3 is 2.58 bits per heavy atom. The second kappa shape index (κ2) is 11.2. The second-order valence-corrected chi connectivity index (χ2v) is 11.2. The van der Waals surface area contributed by atoms with Crippen LogP contribution in [0.15, 0.2) is 12.7 Å². The minimum absolute atomic E-state index is 0.0678. The van der Waals surface area contributed by atoms with Gasteiger partial charge in [-0.25, -0.2) is 0 Å². The second-order valence-electron chi connectivity index (χ2n) is 11.2. The zero-order valence-corrected chi connectivity index (χ0v) is 22.1. The third-order valence-electron chi connectivity index (χ3n) is 8.98. The van der Waals surface area contributed by atoms with Crippen LogP contribution >= 0.6 is 0 Å². The van der Waals surface area contributed by atoms with Crippen molar-refractivity contribution in [2.45, 2.75) is 108 Å². The summed E-state index contributed by atoms with van der Waals surface area (Å²) in [6.45, 7) is 8.86. The van der Waals surface area contributed by atoms with Gasteiger partial charge < -0.3 is 24.4 Å². The standard InChI is InChI=1S/C28H44N2O6/c1-4-17-29(20-13-9-8-10-14-20)25(33)23-28-16-15-27(3,36-28)22(26(34)35-5-2)21(28)24(32)30(23)18-11-6-7-12-19-31/h4,20-23,31H,1,5-19H2,2-3H3/t21-,22-,23?,27+,28?/m0/s1. The fourth-order valence-corrected chi connectivity index (χ4v) is 7.39. The lowest BCUT2D eigenvalue weighted by Gasteiger charge is -2.40. The predicted molar refractivity (Wildman–Crippen MR) is 135 cm³/mol. The Bertz CT molecular complexity index is 842. The molecule has 4 rings (SSSR count). The van der Waals surface area contributed by atoms with Crippen molar-refractivity contribution in [3.05, 3.63) is 12.7 Å². The number of nitrogens with zero attached hydrogens (tertiary/aromatic N) is 2. The number of likely N-dealkylation sites (tertiary alicyclic amines) is 1. The van der Waals surface area contributed by atoms with E-state index in [4.69, 9.17) is 14.6 Å². The summed E-state index contributed by atoms with van der Waals surface area (Å²) in [5.74, 6) is -2.01. The van der Waals surface area contributed by atoms with E-state index in [0.717, 1.165) is 51.4 Å². The number of unbranched alkanes of at least 4 members (excludes halogenated alkanes) is 3. The van der Waals surface area contributed by atoms with E-state index in [1.807, 2.05) is 11.8 Å². The summed E-state index contributed by atoms with van der Waals surface area (Å²) in [7, 11) is 0. The smallest absolute Gasteiger partial charge is 0.312 e. The number of amides is 2. The van der Waals surface area contributed by atoms with Gasteiger partial charge in [0.1, 0.15) is 17.6 Å². The molecule has 3 saturated heterocycles. The predicted octanol–water partition coefficient (Wildman–Crippen LogP) is 3.21. The van der Waals surface area contributed by atoms with Crippen molar-refractivity contribution >= 4 is 17.8 Å². The van der Waals surface area contributed by atoms with Crippen LogP contribution in [0.25, 0.3) is 0 Å². The molecule has 3 heterocycles. The summed E-state index contributed by atoms with van der Waals surface area (Å²) in [5, 5.41) is 9.11. The summed E-state index contributed by atoms with van der Waals surface area (Å²) < 4.78 is 12.1. The molecule has 202 valence electrons. The fourth-order valence-electron chi connectivity index (χ4n) is 7.39.